The number of aryl methyl sites for hydroxylation is 1. The quantitative estimate of drug-likeness (QED) is 0.700. The molecular weight excluding hydrogens is 220 g/mol. The maximum atomic E-state index is 8.36. The average Bonchev–Trinajstić information content (AvgIpc) is 2.45. The molecule has 0 saturated carbocycles. The normalized spacial score (nSPS) is 9.29. The summed E-state index contributed by atoms with van der Waals surface area (Å²) in [4.78, 5) is 9.56. The number of halogens is 1. The minimum absolute atomic E-state index is 0.250. The molecule has 74 valence electrons. The summed E-state index contributed by atoms with van der Waals surface area (Å²) in [5, 5.41) is 8.97. The van der Waals surface area contributed by atoms with Crippen LogP contribution in [0.2, 0.25) is 5.02 Å². The third-order valence-electron chi connectivity index (χ3n) is 1.70. The van der Waals surface area contributed by atoms with Crippen molar-refractivity contribution >= 4 is 39.5 Å². The van der Waals surface area contributed by atoms with E-state index in [4.69, 9.17) is 21.5 Å². The van der Waals surface area contributed by atoms with Gasteiger partial charge in [-0.3, -0.25) is 4.79 Å². The standard InChI is InChI=1S/C9H7ClS.CH2O2/c1-6-9(10)7-4-2-3-5-8(7)11-6;2-1-3/h2-5H,1H3;1H,(H,2,3). The summed E-state index contributed by atoms with van der Waals surface area (Å²) < 4.78 is 1.27. The van der Waals surface area contributed by atoms with Gasteiger partial charge in [0.25, 0.3) is 6.47 Å². The first kappa shape index (κ1) is 11.0. The Kier molecular flexibility index (Phi) is 3.92. The van der Waals surface area contributed by atoms with Crippen molar-refractivity contribution < 1.29 is 9.90 Å². The Labute approximate surface area is 90.7 Å². The van der Waals surface area contributed by atoms with Crippen molar-refractivity contribution in [1.82, 2.24) is 0 Å². The van der Waals surface area contributed by atoms with Crippen molar-refractivity contribution in [3.05, 3.63) is 34.2 Å². The average molecular weight is 229 g/mol. The predicted octanol–water partition coefficient (Wildman–Crippen LogP) is 3.56. The molecule has 0 saturated heterocycles. The smallest absolute Gasteiger partial charge is 0.290 e. The van der Waals surface area contributed by atoms with E-state index in [9.17, 15) is 0 Å². The maximum Gasteiger partial charge on any atom is 0.290 e. The van der Waals surface area contributed by atoms with Crippen molar-refractivity contribution in [2.45, 2.75) is 6.92 Å². The van der Waals surface area contributed by atoms with Crippen molar-refractivity contribution in [2.24, 2.45) is 0 Å². The maximum absolute atomic E-state index is 8.36. The van der Waals surface area contributed by atoms with Crippen molar-refractivity contribution in [2.75, 3.05) is 0 Å². The molecule has 0 amide bonds. The SMILES string of the molecule is Cc1sc2ccccc2c1Cl.O=CO. The van der Waals surface area contributed by atoms with Crippen LogP contribution in [0.3, 0.4) is 0 Å². The summed E-state index contributed by atoms with van der Waals surface area (Å²) >= 11 is 7.80. The molecule has 1 heterocycles. The highest BCUT2D eigenvalue weighted by molar-refractivity contribution is 7.19. The zero-order chi connectivity index (χ0) is 10.6. The van der Waals surface area contributed by atoms with Gasteiger partial charge in [0.2, 0.25) is 0 Å². The molecule has 0 unspecified atom stereocenters. The van der Waals surface area contributed by atoms with Crippen LogP contribution in [0.15, 0.2) is 24.3 Å². The first-order valence-electron chi connectivity index (χ1n) is 3.92. The topological polar surface area (TPSA) is 37.3 Å². The highest BCUT2D eigenvalue weighted by Gasteiger charge is 2.03. The zero-order valence-electron chi connectivity index (χ0n) is 7.53. The van der Waals surface area contributed by atoms with Gasteiger partial charge in [0, 0.05) is 15.0 Å². The Morgan fingerprint density at radius 1 is 1.43 bits per heavy atom. The van der Waals surface area contributed by atoms with Gasteiger partial charge in [0.15, 0.2) is 0 Å². The molecule has 0 atom stereocenters. The van der Waals surface area contributed by atoms with Crippen LogP contribution < -0.4 is 0 Å². The van der Waals surface area contributed by atoms with Crippen LogP contribution in [0.1, 0.15) is 4.88 Å². The summed E-state index contributed by atoms with van der Waals surface area (Å²) in [5.41, 5.74) is 0. The van der Waals surface area contributed by atoms with Gasteiger partial charge in [-0.2, -0.15) is 0 Å². The van der Waals surface area contributed by atoms with Crippen LogP contribution in [0, 0.1) is 6.92 Å². The lowest BCUT2D eigenvalue weighted by Gasteiger charge is -1.86. The Bertz CT molecular complexity index is 437. The Hall–Kier alpha value is -1.06. The second kappa shape index (κ2) is 4.98. The van der Waals surface area contributed by atoms with Gasteiger partial charge < -0.3 is 5.11 Å². The summed E-state index contributed by atoms with van der Waals surface area (Å²) in [6, 6.07) is 8.20. The third kappa shape index (κ3) is 2.25. The molecule has 0 aliphatic heterocycles. The third-order valence-corrected chi connectivity index (χ3v) is 3.38. The molecule has 1 aromatic carbocycles. The highest BCUT2D eigenvalue weighted by atomic mass is 35.5. The number of hydrogen-bond donors (Lipinski definition) is 1. The van der Waals surface area contributed by atoms with Crippen LogP contribution in [0.25, 0.3) is 10.1 Å². The molecule has 0 spiro atoms. The van der Waals surface area contributed by atoms with Gasteiger partial charge >= 0.3 is 0 Å². The van der Waals surface area contributed by atoms with E-state index in [-0.39, 0.29) is 6.47 Å². The Morgan fingerprint density at radius 2 is 2.00 bits per heavy atom. The van der Waals surface area contributed by atoms with E-state index in [1.54, 1.807) is 11.3 Å². The first-order valence-corrected chi connectivity index (χ1v) is 5.11. The Balaban J connectivity index is 0.000000293. The highest BCUT2D eigenvalue weighted by Crippen LogP contribution is 2.33. The van der Waals surface area contributed by atoms with Gasteiger partial charge in [-0.15, -0.1) is 11.3 Å². The number of thiophene rings is 1. The molecule has 4 heteroatoms. The van der Waals surface area contributed by atoms with Gasteiger partial charge in [-0.1, -0.05) is 29.8 Å². The molecule has 2 rings (SSSR count). The monoisotopic (exact) mass is 228 g/mol. The van der Waals surface area contributed by atoms with Crippen molar-refractivity contribution in [1.29, 1.82) is 0 Å². The summed E-state index contributed by atoms with van der Waals surface area (Å²) in [7, 11) is 0. The van der Waals surface area contributed by atoms with E-state index in [1.165, 1.54) is 15.0 Å². The lowest BCUT2D eigenvalue weighted by molar-refractivity contribution is -0.122. The summed E-state index contributed by atoms with van der Waals surface area (Å²) in [5.74, 6) is 0. The molecule has 2 aromatic rings. The molecule has 0 aliphatic carbocycles. The fourth-order valence-electron chi connectivity index (χ4n) is 1.14. The van der Waals surface area contributed by atoms with Crippen LogP contribution >= 0.6 is 22.9 Å². The van der Waals surface area contributed by atoms with E-state index in [0.717, 1.165) is 5.02 Å². The lowest BCUT2D eigenvalue weighted by Crippen LogP contribution is -1.61. The molecule has 0 fully saturated rings. The van der Waals surface area contributed by atoms with E-state index in [0.29, 0.717) is 0 Å². The Morgan fingerprint density at radius 3 is 2.57 bits per heavy atom. The largest absolute Gasteiger partial charge is 0.483 e. The van der Waals surface area contributed by atoms with Crippen LogP contribution in [0.4, 0.5) is 0 Å². The summed E-state index contributed by atoms with van der Waals surface area (Å²) in [6.45, 7) is 1.80. The summed E-state index contributed by atoms with van der Waals surface area (Å²) in [6.07, 6.45) is 0. The number of rotatable bonds is 0. The molecular formula is C10H9ClO2S. The first-order chi connectivity index (χ1) is 6.70. The van der Waals surface area contributed by atoms with Gasteiger partial charge in [0.1, 0.15) is 0 Å². The molecule has 0 bridgehead atoms. The van der Waals surface area contributed by atoms with Gasteiger partial charge in [-0.25, -0.2) is 0 Å². The number of hydrogen-bond acceptors (Lipinski definition) is 2. The molecule has 0 aliphatic rings. The minimum Gasteiger partial charge on any atom is -0.483 e. The second-order valence-electron chi connectivity index (χ2n) is 2.57. The van der Waals surface area contributed by atoms with Gasteiger partial charge in [0.05, 0.1) is 5.02 Å². The van der Waals surface area contributed by atoms with E-state index >= 15 is 0 Å². The second-order valence-corrected chi connectivity index (χ2v) is 4.21. The van der Waals surface area contributed by atoms with E-state index in [1.807, 2.05) is 19.1 Å². The fraction of sp³-hybridized carbons (Fsp3) is 0.100. The number of carboxylic acid groups (broad SMARTS) is 1. The van der Waals surface area contributed by atoms with Crippen LogP contribution in [-0.4, -0.2) is 11.6 Å². The number of benzene rings is 1. The number of fused-ring (bicyclic) bond motifs is 1. The predicted molar refractivity (Wildman–Crippen MR) is 60.3 cm³/mol. The van der Waals surface area contributed by atoms with E-state index in [2.05, 4.69) is 12.1 Å². The zero-order valence-corrected chi connectivity index (χ0v) is 9.10. The molecule has 14 heavy (non-hydrogen) atoms. The van der Waals surface area contributed by atoms with Crippen molar-refractivity contribution in [3.8, 4) is 0 Å². The number of carbonyl (C=O) groups is 1. The molecule has 1 aromatic heterocycles. The van der Waals surface area contributed by atoms with Gasteiger partial charge in [-0.05, 0) is 13.0 Å². The fourth-order valence-corrected chi connectivity index (χ4v) is 2.43. The van der Waals surface area contributed by atoms with Crippen molar-refractivity contribution in [3.63, 3.8) is 0 Å². The minimum atomic E-state index is -0.250. The molecule has 2 nitrogen and oxygen atoms in total. The van der Waals surface area contributed by atoms with E-state index < -0.39 is 0 Å². The lowest BCUT2D eigenvalue weighted by atomic mass is 10.2. The van der Waals surface area contributed by atoms with Crippen LogP contribution in [-0.2, 0) is 4.79 Å². The molecule has 1 N–H and O–H groups in total. The molecule has 0 radical (unpaired) electrons. The van der Waals surface area contributed by atoms with Crippen LogP contribution in [0.5, 0.6) is 0 Å².